The summed E-state index contributed by atoms with van der Waals surface area (Å²) in [5.41, 5.74) is 5.02. The van der Waals surface area contributed by atoms with Gasteiger partial charge in [-0.1, -0.05) is 48.0 Å². The number of hydrogen-bond acceptors (Lipinski definition) is 6. The molecule has 10 nitrogen and oxygen atoms in total. The number of para-hydroxylation sites is 2. The van der Waals surface area contributed by atoms with Gasteiger partial charge in [-0.15, -0.1) is 11.6 Å². The van der Waals surface area contributed by atoms with Crippen LogP contribution in [0.15, 0.2) is 84.9 Å². The first-order chi connectivity index (χ1) is 23.1. The molecule has 0 bridgehead atoms. The number of rotatable bonds is 11. The summed E-state index contributed by atoms with van der Waals surface area (Å²) in [7, 11) is 0. The molecule has 2 amide bonds. The van der Waals surface area contributed by atoms with Gasteiger partial charge in [0.15, 0.2) is 0 Å². The van der Waals surface area contributed by atoms with Crippen LogP contribution in [0.3, 0.4) is 0 Å². The minimum atomic E-state index is -4.71. The molecule has 15 heteroatoms. The fourth-order valence-corrected chi connectivity index (χ4v) is 6.62. The number of amides is 2. The van der Waals surface area contributed by atoms with Gasteiger partial charge < -0.3 is 31.9 Å². The number of benzene rings is 4. The molecular formula is C34H30Cl2F3N5O5. The molecule has 0 aromatic heterocycles. The number of alkyl halides is 5. The van der Waals surface area contributed by atoms with Crippen LogP contribution in [0.5, 0.6) is 0 Å². The van der Waals surface area contributed by atoms with E-state index in [0.717, 1.165) is 18.2 Å². The van der Waals surface area contributed by atoms with E-state index in [9.17, 15) is 37.8 Å². The number of primary amides is 1. The van der Waals surface area contributed by atoms with Crippen molar-refractivity contribution in [2.45, 2.75) is 42.5 Å². The van der Waals surface area contributed by atoms with Crippen molar-refractivity contribution >= 4 is 69.6 Å². The van der Waals surface area contributed by atoms with Crippen LogP contribution in [0.25, 0.3) is 0 Å². The highest BCUT2D eigenvalue weighted by Crippen LogP contribution is 2.52. The number of carboxylic acid groups (broad SMARTS) is 2. The van der Waals surface area contributed by atoms with Gasteiger partial charge in [0, 0.05) is 18.2 Å². The molecule has 1 heterocycles. The maximum absolute atomic E-state index is 13.7. The summed E-state index contributed by atoms with van der Waals surface area (Å²) in [5.74, 6) is -2.59. The van der Waals surface area contributed by atoms with E-state index in [1.165, 1.54) is 35.2 Å². The Morgan fingerprint density at radius 3 is 2.16 bits per heavy atom. The van der Waals surface area contributed by atoms with Crippen LogP contribution in [0.2, 0.25) is 0 Å². The Balaban J connectivity index is 1.37. The standard InChI is InChI=1S/C34H30Cl2F3N5O5/c1-18(16-33(36)23-7-3-5-9-28(23)44(31(33)35)32(40)49)41-17-19-10-12-25(22(14-19)30(47)48)43-27-15-20(34(37,38)39)11-13-26(27)42-24-8-4-2-6-21(24)29(45)46/h2-15,18,31,41-43H,16-17H2,1H3,(H2,40,49)(H,45,46)(H,47,48)/t18-,31?,33?/m1/s1. The monoisotopic (exact) mass is 715 g/mol. The number of carbonyl (C=O) groups is 3. The van der Waals surface area contributed by atoms with Crippen molar-refractivity contribution in [3.63, 3.8) is 0 Å². The van der Waals surface area contributed by atoms with Gasteiger partial charge in [0.25, 0.3) is 0 Å². The van der Waals surface area contributed by atoms with Crippen molar-refractivity contribution in [3.8, 4) is 0 Å². The van der Waals surface area contributed by atoms with Crippen LogP contribution in [0, 0.1) is 0 Å². The first-order valence-corrected chi connectivity index (χ1v) is 15.6. The van der Waals surface area contributed by atoms with Crippen molar-refractivity contribution in [1.29, 1.82) is 0 Å². The first kappa shape index (κ1) is 35.3. The molecule has 256 valence electrons. The molecule has 0 aliphatic carbocycles. The zero-order valence-electron chi connectivity index (χ0n) is 25.7. The molecule has 1 aliphatic heterocycles. The van der Waals surface area contributed by atoms with Gasteiger partial charge in [0.2, 0.25) is 0 Å². The SMILES string of the molecule is C[C@H](CC1(Cl)c2ccccc2N(C(N)=O)C1Cl)NCc1ccc(Nc2cc(C(F)(F)F)ccc2Nc2ccccc2C(=O)O)c(C(=O)O)c1. The number of carbonyl (C=O) groups excluding carboxylic acids is 1. The molecule has 5 rings (SSSR count). The fourth-order valence-electron chi connectivity index (χ4n) is 5.73. The van der Waals surface area contributed by atoms with E-state index < -0.39 is 40.1 Å². The Hall–Kier alpha value is -4.98. The lowest BCUT2D eigenvalue weighted by molar-refractivity contribution is -0.137. The molecule has 2 unspecified atom stereocenters. The van der Waals surface area contributed by atoms with Crippen LogP contribution in [-0.2, 0) is 17.6 Å². The maximum Gasteiger partial charge on any atom is 0.416 e. The van der Waals surface area contributed by atoms with Gasteiger partial charge >= 0.3 is 24.1 Å². The summed E-state index contributed by atoms with van der Waals surface area (Å²) in [6, 6.07) is 19.0. The van der Waals surface area contributed by atoms with Crippen LogP contribution < -0.4 is 26.6 Å². The molecule has 4 aromatic carbocycles. The van der Waals surface area contributed by atoms with E-state index in [1.54, 1.807) is 36.4 Å². The zero-order valence-corrected chi connectivity index (χ0v) is 27.2. The van der Waals surface area contributed by atoms with Gasteiger partial charge in [-0.3, -0.25) is 4.90 Å². The number of hydrogen-bond donors (Lipinski definition) is 6. The van der Waals surface area contributed by atoms with Crippen LogP contribution >= 0.6 is 23.2 Å². The van der Waals surface area contributed by atoms with Crippen LogP contribution in [-0.4, -0.2) is 39.7 Å². The number of nitrogens with zero attached hydrogens (tertiary/aromatic N) is 1. The number of nitrogens with one attached hydrogen (secondary N) is 3. The van der Waals surface area contributed by atoms with Gasteiger partial charge in [-0.05, 0) is 67.4 Å². The molecule has 0 spiro atoms. The molecule has 49 heavy (non-hydrogen) atoms. The molecule has 0 saturated heterocycles. The minimum absolute atomic E-state index is 0.00279. The van der Waals surface area contributed by atoms with Gasteiger partial charge in [-0.2, -0.15) is 13.2 Å². The van der Waals surface area contributed by atoms with Crippen LogP contribution in [0.1, 0.15) is 50.8 Å². The second-order valence-corrected chi connectivity index (χ2v) is 12.5. The Labute approximate surface area is 288 Å². The third kappa shape index (κ3) is 7.38. The molecular weight excluding hydrogens is 686 g/mol. The number of urea groups is 1. The Kier molecular flexibility index (Phi) is 10.00. The summed E-state index contributed by atoms with van der Waals surface area (Å²) in [4.78, 5) is 36.3. The first-order valence-electron chi connectivity index (χ1n) is 14.8. The van der Waals surface area contributed by atoms with Crippen molar-refractivity contribution in [3.05, 3.63) is 113 Å². The third-order valence-corrected chi connectivity index (χ3v) is 9.31. The van der Waals surface area contributed by atoms with Crippen molar-refractivity contribution in [1.82, 2.24) is 5.32 Å². The summed E-state index contributed by atoms with van der Waals surface area (Å²) >= 11 is 13.7. The molecule has 0 radical (unpaired) electrons. The van der Waals surface area contributed by atoms with E-state index in [4.69, 9.17) is 28.9 Å². The summed E-state index contributed by atoms with van der Waals surface area (Å²) in [6.07, 6.45) is -4.44. The topological polar surface area (TPSA) is 157 Å². The quantitative estimate of drug-likeness (QED) is 0.0673. The number of aromatic carboxylic acids is 2. The number of fused-ring (bicyclic) bond motifs is 1. The lowest BCUT2D eigenvalue weighted by Crippen LogP contribution is -2.46. The number of anilines is 5. The minimum Gasteiger partial charge on any atom is -0.478 e. The number of halogens is 5. The maximum atomic E-state index is 13.7. The predicted molar refractivity (Wildman–Crippen MR) is 181 cm³/mol. The van der Waals surface area contributed by atoms with E-state index in [2.05, 4.69) is 16.0 Å². The van der Waals surface area contributed by atoms with Crippen molar-refractivity contribution in [2.24, 2.45) is 5.73 Å². The molecule has 0 fully saturated rings. The summed E-state index contributed by atoms with van der Waals surface area (Å²) in [6.45, 7) is 2.03. The summed E-state index contributed by atoms with van der Waals surface area (Å²) in [5, 5.41) is 28.5. The Morgan fingerprint density at radius 2 is 1.49 bits per heavy atom. The van der Waals surface area contributed by atoms with E-state index in [-0.39, 0.29) is 52.9 Å². The lowest BCUT2D eigenvalue weighted by atomic mass is 9.93. The highest BCUT2D eigenvalue weighted by molar-refractivity contribution is 6.36. The number of carboxylic acids is 2. The Bertz CT molecular complexity index is 1930. The van der Waals surface area contributed by atoms with E-state index in [0.29, 0.717) is 16.8 Å². The van der Waals surface area contributed by atoms with Gasteiger partial charge in [0.05, 0.1) is 45.1 Å². The third-order valence-electron chi connectivity index (χ3n) is 8.07. The molecule has 3 atom stereocenters. The summed E-state index contributed by atoms with van der Waals surface area (Å²) < 4.78 is 41.0. The van der Waals surface area contributed by atoms with Gasteiger partial charge in [0.1, 0.15) is 10.4 Å². The highest BCUT2D eigenvalue weighted by atomic mass is 35.5. The zero-order chi connectivity index (χ0) is 35.7. The highest BCUT2D eigenvalue weighted by Gasteiger charge is 2.51. The second-order valence-electron chi connectivity index (χ2n) is 11.5. The molecule has 7 N–H and O–H groups in total. The number of nitrogens with two attached hydrogens (primary N) is 1. The Morgan fingerprint density at radius 1 is 0.878 bits per heavy atom. The smallest absolute Gasteiger partial charge is 0.416 e. The predicted octanol–water partition coefficient (Wildman–Crippen LogP) is 8.06. The normalized spacial score (nSPS) is 17.7. The van der Waals surface area contributed by atoms with Crippen LogP contribution in [0.4, 0.5) is 46.4 Å². The largest absolute Gasteiger partial charge is 0.478 e. The van der Waals surface area contributed by atoms with Crippen molar-refractivity contribution < 1.29 is 37.8 Å². The second kappa shape index (κ2) is 13.9. The lowest BCUT2D eigenvalue weighted by Gasteiger charge is -2.31. The van der Waals surface area contributed by atoms with E-state index in [1.807, 2.05) is 6.92 Å². The average Bonchev–Trinajstić information content (AvgIpc) is 3.26. The van der Waals surface area contributed by atoms with Gasteiger partial charge in [-0.25, -0.2) is 14.4 Å². The molecule has 4 aromatic rings. The van der Waals surface area contributed by atoms with Crippen molar-refractivity contribution in [2.75, 3.05) is 15.5 Å². The molecule has 1 aliphatic rings. The van der Waals surface area contributed by atoms with E-state index >= 15 is 0 Å². The average molecular weight is 717 g/mol. The fraction of sp³-hybridized carbons (Fsp3) is 0.206. The molecule has 0 saturated carbocycles.